The van der Waals surface area contributed by atoms with E-state index in [0.29, 0.717) is 15.5 Å². The van der Waals surface area contributed by atoms with E-state index in [9.17, 15) is 22.3 Å². The summed E-state index contributed by atoms with van der Waals surface area (Å²) in [6.07, 6.45) is 8.29. The molecule has 11 heteroatoms. The normalized spacial score (nSPS) is 19.7. The first-order valence-electron chi connectivity index (χ1n) is 14.9. The van der Waals surface area contributed by atoms with E-state index in [4.69, 9.17) is 16.7 Å². The first-order chi connectivity index (χ1) is 20.2. The predicted octanol–water partition coefficient (Wildman–Crippen LogP) is 5.23. The maximum absolute atomic E-state index is 12.5. The third kappa shape index (κ3) is 12.2. The highest BCUT2D eigenvalue weighted by Gasteiger charge is 2.47. The Hall–Kier alpha value is -1.84. The van der Waals surface area contributed by atoms with Gasteiger partial charge in [-0.3, -0.25) is 9.80 Å². The summed E-state index contributed by atoms with van der Waals surface area (Å²) in [4.78, 5) is 4.74. The van der Waals surface area contributed by atoms with Crippen LogP contribution in [0.4, 0.5) is 8.78 Å². The minimum atomic E-state index is -3.45. The number of aliphatic hydroxyl groups is 2. The lowest BCUT2D eigenvalue weighted by atomic mass is 10.1. The van der Waals surface area contributed by atoms with E-state index in [1.165, 1.54) is 22.5 Å². The number of halogens is 3. The summed E-state index contributed by atoms with van der Waals surface area (Å²) < 4.78 is 50.7. The van der Waals surface area contributed by atoms with Crippen molar-refractivity contribution in [3.8, 4) is 11.8 Å². The van der Waals surface area contributed by atoms with Crippen molar-refractivity contribution in [3.63, 3.8) is 0 Å². The molecule has 1 saturated heterocycles. The van der Waals surface area contributed by atoms with Gasteiger partial charge < -0.3 is 10.2 Å². The third-order valence-electron chi connectivity index (χ3n) is 8.03. The number of allylic oxidation sites excluding steroid dienone is 4. The van der Waals surface area contributed by atoms with Gasteiger partial charge in [0.2, 0.25) is 10.0 Å². The van der Waals surface area contributed by atoms with Gasteiger partial charge in [0.15, 0.2) is 0 Å². The minimum absolute atomic E-state index is 0.0125. The Bertz CT molecular complexity index is 1220. The number of benzene rings is 1. The number of sulfonamides is 1. The first-order valence-corrected chi connectivity index (χ1v) is 16.8. The van der Waals surface area contributed by atoms with Crippen molar-refractivity contribution < 1.29 is 27.4 Å². The van der Waals surface area contributed by atoms with Crippen LogP contribution in [0.3, 0.4) is 0 Å². The predicted molar refractivity (Wildman–Crippen MR) is 170 cm³/mol. The fourth-order valence-corrected chi connectivity index (χ4v) is 6.30. The van der Waals surface area contributed by atoms with Crippen LogP contribution in [0, 0.1) is 35.8 Å². The Morgan fingerprint density at radius 3 is 2.23 bits per heavy atom. The molecule has 3 aliphatic rings. The van der Waals surface area contributed by atoms with Gasteiger partial charge >= 0.3 is 0 Å². The lowest BCUT2D eigenvalue weighted by molar-refractivity contribution is -0.0667. The molecule has 4 rings (SSSR count). The van der Waals surface area contributed by atoms with Crippen molar-refractivity contribution >= 4 is 21.6 Å². The molecule has 1 heterocycles. The summed E-state index contributed by atoms with van der Waals surface area (Å²) in [5.74, 6) is 4.41. The maximum atomic E-state index is 12.5. The number of rotatable bonds is 10. The van der Waals surface area contributed by atoms with Gasteiger partial charge in [0, 0.05) is 63.7 Å². The second-order valence-corrected chi connectivity index (χ2v) is 14.2. The Morgan fingerprint density at radius 1 is 1.12 bits per heavy atom. The number of hydrogen-bond acceptors (Lipinski definition) is 6. The lowest BCUT2D eigenvalue weighted by Gasteiger charge is -2.39. The van der Waals surface area contributed by atoms with E-state index in [2.05, 4.69) is 35.5 Å². The zero-order valence-electron chi connectivity index (χ0n) is 26.1. The first kappa shape index (κ1) is 37.3. The molecule has 0 amide bonds. The molecule has 1 saturated carbocycles. The highest BCUT2D eigenvalue weighted by Crippen LogP contribution is 2.49. The van der Waals surface area contributed by atoms with Gasteiger partial charge in [0.1, 0.15) is 17.9 Å². The summed E-state index contributed by atoms with van der Waals surface area (Å²) in [6.45, 7) is 12.6. The van der Waals surface area contributed by atoms with Crippen LogP contribution in [-0.2, 0) is 10.0 Å². The van der Waals surface area contributed by atoms with Crippen molar-refractivity contribution in [2.24, 2.45) is 5.41 Å². The Morgan fingerprint density at radius 2 is 1.72 bits per heavy atom. The van der Waals surface area contributed by atoms with Crippen molar-refractivity contribution in [2.45, 2.75) is 78.5 Å². The summed E-state index contributed by atoms with van der Waals surface area (Å²) in [5, 5.41) is 19.3. The minimum Gasteiger partial charge on any atom is -0.395 e. The van der Waals surface area contributed by atoms with Crippen molar-refractivity contribution in [1.82, 2.24) is 14.1 Å². The number of unbranched alkanes of at least 4 members (excludes halogenated alkanes) is 1. The SMILES string of the molecule is CC1(C(O)N2CCN(CCO)CC2)CC1.CCCCC(C)N(C)S(=O)(=O)C1=CC=C(Cl)C#CC1.Cc1cc(F)cc(F)c1. The molecule has 1 aromatic carbocycles. The quantitative estimate of drug-likeness (QED) is 0.340. The molecule has 2 unspecified atom stereocenters. The van der Waals surface area contributed by atoms with Gasteiger partial charge in [-0.25, -0.2) is 17.2 Å². The molecule has 2 fully saturated rings. The average molecular weight is 644 g/mol. The Balaban J connectivity index is 0.000000239. The molecular formula is C32H48ClF2N3O4S. The summed E-state index contributed by atoms with van der Waals surface area (Å²) in [7, 11) is -1.82. The van der Waals surface area contributed by atoms with Gasteiger partial charge in [0.25, 0.3) is 0 Å². The molecule has 7 nitrogen and oxygen atoms in total. The summed E-state index contributed by atoms with van der Waals surface area (Å²) in [5.41, 5.74) is 0.770. The van der Waals surface area contributed by atoms with E-state index in [1.807, 2.05) is 6.92 Å². The molecule has 2 N–H and O–H groups in total. The van der Waals surface area contributed by atoms with Crippen LogP contribution in [-0.4, -0.2) is 91.4 Å². The molecule has 0 aromatic heterocycles. The van der Waals surface area contributed by atoms with Crippen molar-refractivity contribution in [2.75, 3.05) is 46.4 Å². The Kier molecular flexibility index (Phi) is 15.3. The van der Waals surface area contributed by atoms with Crippen molar-refractivity contribution in [1.29, 1.82) is 0 Å². The van der Waals surface area contributed by atoms with E-state index in [1.54, 1.807) is 20.0 Å². The summed E-state index contributed by atoms with van der Waals surface area (Å²) >= 11 is 5.78. The highest BCUT2D eigenvalue weighted by molar-refractivity contribution is 7.93. The van der Waals surface area contributed by atoms with Crippen molar-refractivity contribution in [3.05, 3.63) is 57.5 Å². The number of aryl methyl sites for hydroxylation is 1. The van der Waals surface area contributed by atoms with Crippen LogP contribution >= 0.6 is 11.6 Å². The van der Waals surface area contributed by atoms with Crippen LogP contribution in [0.5, 0.6) is 0 Å². The molecule has 0 bridgehead atoms. The van der Waals surface area contributed by atoms with Crippen LogP contribution in [0.2, 0.25) is 0 Å². The van der Waals surface area contributed by atoms with E-state index >= 15 is 0 Å². The van der Waals surface area contributed by atoms with Gasteiger partial charge in [-0.05, 0) is 63.0 Å². The molecule has 0 radical (unpaired) electrons. The van der Waals surface area contributed by atoms with Crippen LogP contribution in [0.15, 0.2) is 40.3 Å². The van der Waals surface area contributed by atoms with E-state index in [0.717, 1.165) is 70.9 Å². The van der Waals surface area contributed by atoms with E-state index < -0.39 is 21.7 Å². The van der Waals surface area contributed by atoms with Crippen LogP contribution in [0.1, 0.15) is 64.9 Å². The Labute approximate surface area is 262 Å². The molecule has 2 atom stereocenters. The van der Waals surface area contributed by atoms with Gasteiger partial charge in [-0.1, -0.05) is 50.1 Å². The number of β-amino-alcohol motifs (C(OH)–C–C–N with tert-alkyl or cyclic N) is 1. The largest absolute Gasteiger partial charge is 0.395 e. The molecule has 43 heavy (non-hydrogen) atoms. The molecule has 2 aliphatic carbocycles. The number of hydrogen-bond donors (Lipinski definition) is 2. The fraction of sp³-hybridized carbons (Fsp3) is 0.625. The average Bonchev–Trinajstić information content (AvgIpc) is 3.74. The second-order valence-electron chi connectivity index (χ2n) is 11.7. The summed E-state index contributed by atoms with van der Waals surface area (Å²) in [6, 6.07) is 3.40. The maximum Gasteiger partial charge on any atom is 0.240 e. The lowest BCUT2D eigenvalue weighted by Crippen LogP contribution is -2.52. The van der Waals surface area contributed by atoms with Crippen LogP contribution < -0.4 is 0 Å². The third-order valence-corrected chi connectivity index (χ3v) is 10.3. The molecule has 1 aromatic rings. The number of piperazine rings is 1. The number of aliphatic hydroxyl groups excluding tert-OH is 2. The molecular weight excluding hydrogens is 596 g/mol. The van der Waals surface area contributed by atoms with E-state index in [-0.39, 0.29) is 30.7 Å². The number of nitrogens with zero attached hydrogens (tertiary/aromatic N) is 3. The molecule has 0 spiro atoms. The fourth-order valence-electron chi connectivity index (χ4n) is 4.72. The highest BCUT2D eigenvalue weighted by atomic mass is 35.5. The zero-order chi connectivity index (χ0) is 32.2. The second kappa shape index (κ2) is 17.6. The molecule has 242 valence electrons. The van der Waals surface area contributed by atoms with Crippen LogP contribution in [0.25, 0.3) is 0 Å². The smallest absolute Gasteiger partial charge is 0.240 e. The van der Waals surface area contributed by atoms with Gasteiger partial charge in [-0.15, -0.1) is 0 Å². The monoisotopic (exact) mass is 643 g/mol. The molecule has 1 aliphatic heterocycles. The zero-order valence-corrected chi connectivity index (χ0v) is 27.7. The topological polar surface area (TPSA) is 84.3 Å². The van der Waals surface area contributed by atoms with Gasteiger partial charge in [-0.2, -0.15) is 4.31 Å². The standard InChI is InChI=1S/C14H20ClNO2S.C11H22N2O2.C7H6F2/c1-4-5-7-12(2)16(3)19(17,18)14-9-6-8-13(15)10-11-14;1-11(2-3-11)10(15)13-6-4-12(5-7-13)8-9-14;1-5-2-6(8)4-7(9)3-5/h10-12H,4-5,7,9H2,1-3H3;10,14-15H,2-9H2,1H3;2-4H,1H3. The van der Waals surface area contributed by atoms with Gasteiger partial charge in [0.05, 0.1) is 16.5 Å².